The summed E-state index contributed by atoms with van der Waals surface area (Å²) in [5.41, 5.74) is 0.590. The zero-order valence-corrected chi connectivity index (χ0v) is 20.3. The maximum atomic E-state index is 13.3. The van der Waals surface area contributed by atoms with Crippen LogP contribution in [0.15, 0.2) is 60.7 Å². The molecule has 1 N–H and O–H groups in total. The van der Waals surface area contributed by atoms with E-state index in [1.165, 1.54) is 4.90 Å². The number of carbonyl (C=O) groups excluding carboxylic acids is 2. The van der Waals surface area contributed by atoms with E-state index >= 15 is 0 Å². The molecular formula is C26H28Cl2N2O3. The number of hydrogen-bond donors (Lipinski definition) is 1. The predicted octanol–water partition coefficient (Wildman–Crippen LogP) is 5.86. The molecule has 0 bridgehead atoms. The molecule has 0 aliphatic carbocycles. The van der Waals surface area contributed by atoms with Gasteiger partial charge in [-0.1, -0.05) is 79.0 Å². The Morgan fingerprint density at radius 3 is 2.39 bits per heavy atom. The SMILES string of the molecule is CCCCNC(=O)[C@H](C)N(Cc1c(Cl)cccc1Cl)C(=O)COc1cccc2ccccc12. The number of halogens is 2. The summed E-state index contributed by atoms with van der Waals surface area (Å²) in [6.07, 6.45) is 1.83. The smallest absolute Gasteiger partial charge is 0.261 e. The van der Waals surface area contributed by atoms with Gasteiger partial charge < -0.3 is 15.0 Å². The molecule has 5 nitrogen and oxygen atoms in total. The maximum absolute atomic E-state index is 13.3. The summed E-state index contributed by atoms with van der Waals surface area (Å²) in [7, 11) is 0. The largest absolute Gasteiger partial charge is 0.483 e. The summed E-state index contributed by atoms with van der Waals surface area (Å²) >= 11 is 12.7. The van der Waals surface area contributed by atoms with Gasteiger partial charge in [0.2, 0.25) is 5.91 Å². The molecule has 0 aliphatic heterocycles. The van der Waals surface area contributed by atoms with E-state index in [1.54, 1.807) is 25.1 Å². The number of hydrogen-bond acceptors (Lipinski definition) is 3. The Balaban J connectivity index is 1.81. The van der Waals surface area contributed by atoms with Crippen molar-refractivity contribution in [3.8, 4) is 5.75 Å². The molecule has 0 unspecified atom stereocenters. The second-order valence-corrected chi connectivity index (χ2v) is 8.62. The quantitative estimate of drug-likeness (QED) is 0.365. The molecule has 3 aromatic carbocycles. The van der Waals surface area contributed by atoms with Crippen LogP contribution >= 0.6 is 23.2 Å². The Hall–Kier alpha value is -2.76. The molecule has 0 radical (unpaired) electrons. The van der Waals surface area contributed by atoms with E-state index in [1.807, 2.05) is 42.5 Å². The zero-order chi connectivity index (χ0) is 23.8. The van der Waals surface area contributed by atoms with Gasteiger partial charge in [0.25, 0.3) is 5.91 Å². The highest BCUT2D eigenvalue weighted by Gasteiger charge is 2.27. The van der Waals surface area contributed by atoms with E-state index in [-0.39, 0.29) is 25.0 Å². The fourth-order valence-electron chi connectivity index (χ4n) is 3.52. The number of nitrogens with zero attached hydrogens (tertiary/aromatic N) is 1. The van der Waals surface area contributed by atoms with E-state index in [2.05, 4.69) is 12.2 Å². The molecule has 3 rings (SSSR count). The van der Waals surface area contributed by atoms with E-state index < -0.39 is 6.04 Å². The van der Waals surface area contributed by atoms with Crippen molar-refractivity contribution >= 4 is 45.8 Å². The maximum Gasteiger partial charge on any atom is 0.261 e. The van der Waals surface area contributed by atoms with E-state index in [0.717, 1.165) is 23.6 Å². The van der Waals surface area contributed by atoms with Gasteiger partial charge in [-0.25, -0.2) is 0 Å². The van der Waals surface area contributed by atoms with Crippen LogP contribution in [0.4, 0.5) is 0 Å². The lowest BCUT2D eigenvalue weighted by Gasteiger charge is -2.29. The average Bonchev–Trinajstić information content (AvgIpc) is 2.82. The minimum atomic E-state index is -0.724. The number of fused-ring (bicyclic) bond motifs is 1. The minimum Gasteiger partial charge on any atom is -0.483 e. The Morgan fingerprint density at radius 1 is 1.00 bits per heavy atom. The number of benzene rings is 3. The van der Waals surface area contributed by atoms with Gasteiger partial charge in [-0.3, -0.25) is 9.59 Å². The topological polar surface area (TPSA) is 58.6 Å². The number of unbranched alkanes of at least 4 members (excludes halogenated alkanes) is 1. The van der Waals surface area contributed by atoms with Crippen LogP contribution < -0.4 is 10.1 Å². The van der Waals surface area contributed by atoms with Crippen LogP contribution in [-0.2, 0) is 16.1 Å². The molecule has 3 aromatic rings. The van der Waals surface area contributed by atoms with Crippen molar-refractivity contribution in [1.82, 2.24) is 10.2 Å². The molecule has 1 atom stereocenters. The lowest BCUT2D eigenvalue weighted by atomic mass is 10.1. The van der Waals surface area contributed by atoms with E-state index in [9.17, 15) is 9.59 Å². The highest BCUT2D eigenvalue weighted by atomic mass is 35.5. The summed E-state index contributed by atoms with van der Waals surface area (Å²) in [4.78, 5) is 27.5. The third-order valence-corrected chi connectivity index (χ3v) is 6.20. The Labute approximate surface area is 204 Å². The minimum absolute atomic E-state index is 0.0958. The van der Waals surface area contributed by atoms with Gasteiger partial charge in [0.05, 0.1) is 0 Å². The molecular weight excluding hydrogens is 459 g/mol. The zero-order valence-electron chi connectivity index (χ0n) is 18.8. The van der Waals surface area contributed by atoms with Crippen LogP contribution in [0.3, 0.4) is 0 Å². The first-order valence-corrected chi connectivity index (χ1v) is 11.8. The fraction of sp³-hybridized carbons (Fsp3) is 0.308. The normalized spacial score (nSPS) is 11.8. The molecule has 0 heterocycles. The highest BCUT2D eigenvalue weighted by Crippen LogP contribution is 2.28. The summed E-state index contributed by atoms with van der Waals surface area (Å²) in [5, 5.41) is 5.70. The summed E-state index contributed by atoms with van der Waals surface area (Å²) in [6.45, 7) is 4.18. The molecule has 7 heteroatoms. The molecule has 174 valence electrons. The van der Waals surface area contributed by atoms with Crippen molar-refractivity contribution in [3.63, 3.8) is 0 Å². The predicted molar refractivity (Wildman–Crippen MR) is 134 cm³/mol. The van der Waals surface area contributed by atoms with Crippen molar-refractivity contribution in [2.75, 3.05) is 13.2 Å². The van der Waals surface area contributed by atoms with Gasteiger partial charge in [0, 0.05) is 34.1 Å². The summed E-state index contributed by atoms with van der Waals surface area (Å²) < 4.78 is 5.90. The van der Waals surface area contributed by atoms with Gasteiger partial charge in [-0.15, -0.1) is 0 Å². The van der Waals surface area contributed by atoms with Crippen molar-refractivity contribution in [3.05, 3.63) is 76.3 Å². The fourth-order valence-corrected chi connectivity index (χ4v) is 4.03. The Bertz CT molecular complexity index is 1090. The third kappa shape index (κ3) is 6.40. The first kappa shape index (κ1) is 24.9. The van der Waals surface area contributed by atoms with Crippen molar-refractivity contribution < 1.29 is 14.3 Å². The standard InChI is InChI=1S/C26H28Cl2N2O3/c1-3-4-15-29-26(32)18(2)30(16-21-22(27)12-8-13-23(21)28)25(31)17-33-24-14-7-10-19-9-5-6-11-20(19)24/h5-14,18H,3-4,15-17H2,1-2H3,(H,29,32)/t18-/m0/s1. The average molecular weight is 487 g/mol. The second kappa shape index (κ2) is 11.9. The lowest BCUT2D eigenvalue weighted by Crippen LogP contribution is -2.49. The molecule has 0 aromatic heterocycles. The van der Waals surface area contributed by atoms with Crippen LogP contribution in [0.5, 0.6) is 5.75 Å². The molecule has 33 heavy (non-hydrogen) atoms. The number of amides is 2. The van der Waals surface area contributed by atoms with Crippen LogP contribution in [0.2, 0.25) is 10.0 Å². The molecule has 0 saturated carbocycles. The summed E-state index contributed by atoms with van der Waals surface area (Å²) in [5.74, 6) is 0.0411. The Kier molecular flexibility index (Phi) is 8.98. The Morgan fingerprint density at radius 2 is 1.67 bits per heavy atom. The van der Waals surface area contributed by atoms with Gasteiger partial charge in [-0.2, -0.15) is 0 Å². The molecule has 0 fully saturated rings. The van der Waals surface area contributed by atoms with Crippen LogP contribution in [-0.4, -0.2) is 35.9 Å². The lowest BCUT2D eigenvalue weighted by molar-refractivity contribution is -0.142. The summed E-state index contributed by atoms with van der Waals surface area (Å²) in [6, 6.07) is 17.9. The van der Waals surface area contributed by atoms with Gasteiger partial charge in [-0.05, 0) is 36.9 Å². The van der Waals surface area contributed by atoms with Crippen LogP contribution in [0.1, 0.15) is 32.3 Å². The molecule has 0 spiro atoms. The number of ether oxygens (including phenoxy) is 1. The van der Waals surface area contributed by atoms with E-state index in [0.29, 0.717) is 27.9 Å². The molecule has 0 saturated heterocycles. The van der Waals surface area contributed by atoms with Gasteiger partial charge in [0.15, 0.2) is 6.61 Å². The second-order valence-electron chi connectivity index (χ2n) is 7.81. The number of rotatable bonds is 10. The van der Waals surface area contributed by atoms with Gasteiger partial charge >= 0.3 is 0 Å². The van der Waals surface area contributed by atoms with Crippen molar-refractivity contribution in [1.29, 1.82) is 0 Å². The highest BCUT2D eigenvalue weighted by molar-refractivity contribution is 6.36. The monoisotopic (exact) mass is 486 g/mol. The van der Waals surface area contributed by atoms with Gasteiger partial charge in [0.1, 0.15) is 11.8 Å². The van der Waals surface area contributed by atoms with E-state index in [4.69, 9.17) is 27.9 Å². The first-order valence-electron chi connectivity index (χ1n) is 11.0. The van der Waals surface area contributed by atoms with Crippen LogP contribution in [0, 0.1) is 0 Å². The number of nitrogens with one attached hydrogen (secondary N) is 1. The van der Waals surface area contributed by atoms with Crippen LogP contribution in [0.25, 0.3) is 10.8 Å². The van der Waals surface area contributed by atoms with Crippen molar-refractivity contribution in [2.45, 2.75) is 39.3 Å². The molecule has 2 amide bonds. The number of carbonyl (C=O) groups is 2. The van der Waals surface area contributed by atoms with Crippen molar-refractivity contribution in [2.24, 2.45) is 0 Å². The third-order valence-electron chi connectivity index (χ3n) is 5.49. The first-order chi connectivity index (χ1) is 15.9. The molecule has 0 aliphatic rings.